The number of hydrogen-bond acceptors (Lipinski definition) is 5. The average molecular weight is 490 g/mol. The molecule has 0 unspecified atom stereocenters. The van der Waals surface area contributed by atoms with Crippen LogP contribution in [0.4, 0.5) is 5.82 Å². The lowest BCUT2D eigenvalue weighted by molar-refractivity contribution is 0.102. The van der Waals surface area contributed by atoms with Crippen molar-refractivity contribution >= 4 is 33.8 Å². The fourth-order valence-electron chi connectivity index (χ4n) is 4.00. The van der Waals surface area contributed by atoms with Crippen LogP contribution in [-0.2, 0) is 0 Å². The number of nitrogens with one attached hydrogen (secondary N) is 2. The van der Waals surface area contributed by atoms with Crippen molar-refractivity contribution in [3.05, 3.63) is 118 Å². The number of aromatic amines is 1. The van der Waals surface area contributed by atoms with Crippen LogP contribution in [0.5, 0.6) is 0 Å². The largest absolute Gasteiger partial charge is 0.306 e. The molecule has 1 amide bonds. The van der Waals surface area contributed by atoms with Crippen LogP contribution in [0.15, 0.2) is 107 Å². The van der Waals surface area contributed by atoms with Crippen LogP contribution in [0.25, 0.3) is 38.5 Å². The van der Waals surface area contributed by atoms with Crippen LogP contribution in [0.3, 0.4) is 0 Å². The minimum atomic E-state index is -0.321. The molecule has 0 saturated heterocycles. The van der Waals surface area contributed by atoms with Crippen LogP contribution in [0.1, 0.15) is 10.4 Å². The highest BCUT2D eigenvalue weighted by Crippen LogP contribution is 2.28. The highest BCUT2D eigenvalue weighted by molar-refractivity contribution is 7.13. The third-order valence-electron chi connectivity index (χ3n) is 5.74. The number of amides is 1. The van der Waals surface area contributed by atoms with Gasteiger partial charge in [-0.1, -0.05) is 66.7 Å². The Balaban J connectivity index is 1.43. The molecule has 6 aromatic rings. The third kappa shape index (κ3) is 4.21. The molecule has 174 valence electrons. The Kier molecular flexibility index (Phi) is 5.48. The van der Waals surface area contributed by atoms with E-state index in [1.807, 2.05) is 84.2 Å². The quantitative estimate of drug-likeness (QED) is 0.322. The van der Waals surface area contributed by atoms with Crippen molar-refractivity contribution in [1.82, 2.24) is 19.7 Å². The molecule has 36 heavy (non-hydrogen) atoms. The lowest BCUT2D eigenvalue weighted by Crippen LogP contribution is -2.18. The number of rotatable bonds is 5. The van der Waals surface area contributed by atoms with Crippen molar-refractivity contribution in [2.24, 2.45) is 0 Å². The zero-order valence-corrected chi connectivity index (χ0v) is 19.7. The van der Waals surface area contributed by atoms with Gasteiger partial charge in [-0.05, 0) is 34.4 Å². The number of thiophene rings is 1. The Morgan fingerprint density at radius 2 is 1.64 bits per heavy atom. The molecule has 0 saturated carbocycles. The predicted octanol–water partition coefficient (Wildman–Crippen LogP) is 5.76. The van der Waals surface area contributed by atoms with Crippen LogP contribution in [0.2, 0.25) is 0 Å². The van der Waals surface area contributed by atoms with Crippen LogP contribution in [0, 0.1) is 0 Å². The number of nitrogens with zero attached hydrogens (tertiary/aromatic N) is 3. The van der Waals surface area contributed by atoms with Crippen molar-refractivity contribution in [3.8, 4) is 27.8 Å². The average Bonchev–Trinajstić information content (AvgIpc) is 3.59. The Labute approximate surface area is 209 Å². The van der Waals surface area contributed by atoms with Gasteiger partial charge < -0.3 is 5.32 Å². The van der Waals surface area contributed by atoms with Crippen molar-refractivity contribution < 1.29 is 4.79 Å². The summed E-state index contributed by atoms with van der Waals surface area (Å²) in [5, 5.41) is 11.6. The van der Waals surface area contributed by atoms with Gasteiger partial charge in [-0.2, -0.15) is 9.78 Å². The maximum atomic E-state index is 13.3. The maximum absolute atomic E-state index is 13.3. The minimum Gasteiger partial charge on any atom is -0.306 e. The highest BCUT2D eigenvalue weighted by Gasteiger charge is 2.18. The van der Waals surface area contributed by atoms with Crippen molar-refractivity contribution in [3.63, 3.8) is 0 Å². The van der Waals surface area contributed by atoms with E-state index in [4.69, 9.17) is 0 Å². The van der Waals surface area contributed by atoms with Gasteiger partial charge in [0, 0.05) is 23.3 Å². The number of fused-ring (bicyclic) bond motifs is 1. The summed E-state index contributed by atoms with van der Waals surface area (Å²) in [5.41, 5.74) is 2.16. The summed E-state index contributed by atoms with van der Waals surface area (Å²) < 4.78 is 1.46. The van der Waals surface area contributed by atoms with E-state index in [0.717, 1.165) is 21.2 Å². The van der Waals surface area contributed by atoms with E-state index < -0.39 is 0 Å². The molecule has 0 spiro atoms. The fraction of sp³-hybridized carbons (Fsp3) is 0. The van der Waals surface area contributed by atoms with Gasteiger partial charge in [0.05, 0.1) is 10.6 Å². The van der Waals surface area contributed by atoms with E-state index in [-0.39, 0.29) is 17.4 Å². The predicted molar refractivity (Wildman–Crippen MR) is 143 cm³/mol. The lowest BCUT2D eigenvalue weighted by Gasteiger charge is -2.10. The van der Waals surface area contributed by atoms with Crippen molar-refractivity contribution in [1.29, 1.82) is 0 Å². The molecule has 6 rings (SSSR count). The van der Waals surface area contributed by atoms with Gasteiger partial charge in [0.1, 0.15) is 11.5 Å². The first-order chi connectivity index (χ1) is 17.6. The number of aromatic nitrogens is 4. The van der Waals surface area contributed by atoms with E-state index in [1.54, 1.807) is 12.1 Å². The molecule has 3 aromatic heterocycles. The monoisotopic (exact) mass is 489 g/mol. The molecule has 3 aromatic carbocycles. The summed E-state index contributed by atoms with van der Waals surface area (Å²) in [6.45, 7) is 0. The Morgan fingerprint density at radius 1 is 0.833 bits per heavy atom. The molecule has 0 aliphatic rings. The van der Waals surface area contributed by atoms with Gasteiger partial charge in [0.2, 0.25) is 5.95 Å². The lowest BCUT2D eigenvalue weighted by atomic mass is 10.1. The first-order valence-electron chi connectivity index (χ1n) is 11.3. The van der Waals surface area contributed by atoms with Crippen LogP contribution >= 0.6 is 11.3 Å². The Morgan fingerprint density at radius 3 is 2.44 bits per heavy atom. The molecular weight excluding hydrogens is 470 g/mol. The molecule has 0 aliphatic heterocycles. The molecule has 0 atom stereocenters. The van der Waals surface area contributed by atoms with Crippen molar-refractivity contribution in [2.45, 2.75) is 0 Å². The number of anilines is 1. The van der Waals surface area contributed by atoms with Gasteiger partial charge in [-0.15, -0.1) is 11.3 Å². The molecule has 7 nitrogen and oxygen atoms in total. The minimum absolute atomic E-state index is 0.206. The van der Waals surface area contributed by atoms with Gasteiger partial charge >= 0.3 is 0 Å². The molecule has 0 aliphatic carbocycles. The Bertz CT molecular complexity index is 1750. The van der Waals surface area contributed by atoms with Gasteiger partial charge in [-0.3, -0.25) is 14.6 Å². The molecular formula is C28H19N5O2S. The summed E-state index contributed by atoms with van der Waals surface area (Å²) in [6.07, 6.45) is 0. The second-order valence-electron chi connectivity index (χ2n) is 8.14. The smallest absolute Gasteiger partial charge is 0.256 e. The molecule has 3 heterocycles. The summed E-state index contributed by atoms with van der Waals surface area (Å²) in [5.74, 6) is 0.309. The molecule has 2 N–H and O–H groups in total. The molecule has 0 radical (unpaired) electrons. The number of H-pyrrole nitrogens is 1. The standard InChI is InChI=1S/C28H19N5O2S/c34-26-17-22(19-8-2-1-3-9-19)29-28(31-26)33-25(16-23(32-33)24-11-6-14-36-24)30-27(35)21-13-12-18-7-4-5-10-20(18)15-21/h1-17H,(H,30,35)(H,29,31,34). The first kappa shape index (κ1) is 21.7. The van der Waals surface area contributed by atoms with Gasteiger partial charge in [-0.25, -0.2) is 4.98 Å². The second-order valence-corrected chi connectivity index (χ2v) is 9.09. The molecule has 8 heteroatoms. The maximum Gasteiger partial charge on any atom is 0.256 e. The number of carbonyl (C=O) groups is 1. The first-order valence-corrected chi connectivity index (χ1v) is 12.1. The number of benzene rings is 3. The van der Waals surface area contributed by atoms with Crippen molar-refractivity contribution in [2.75, 3.05) is 5.32 Å². The second kappa shape index (κ2) is 9.09. The summed E-state index contributed by atoms with van der Waals surface area (Å²) >= 11 is 1.53. The van der Waals surface area contributed by atoms with E-state index in [9.17, 15) is 9.59 Å². The zero-order chi connectivity index (χ0) is 24.5. The van der Waals surface area contributed by atoms with Crippen LogP contribution < -0.4 is 10.9 Å². The molecule has 0 bridgehead atoms. The highest BCUT2D eigenvalue weighted by atomic mass is 32.1. The number of hydrogen-bond donors (Lipinski definition) is 2. The van der Waals surface area contributed by atoms with E-state index in [1.165, 1.54) is 22.1 Å². The van der Waals surface area contributed by atoms with Crippen LogP contribution in [-0.4, -0.2) is 25.7 Å². The normalized spacial score (nSPS) is 11.0. The van der Waals surface area contributed by atoms with E-state index in [2.05, 4.69) is 20.4 Å². The Hall–Kier alpha value is -4.82. The topological polar surface area (TPSA) is 92.7 Å². The fourth-order valence-corrected chi connectivity index (χ4v) is 4.68. The SMILES string of the molecule is O=C(Nc1cc(-c2cccs2)nn1-c1nc(-c2ccccc2)cc(=O)[nH]1)c1ccc2ccccc2c1. The zero-order valence-electron chi connectivity index (χ0n) is 18.9. The van der Waals surface area contributed by atoms with Gasteiger partial charge in [0.25, 0.3) is 11.5 Å². The summed E-state index contributed by atoms with van der Waals surface area (Å²) in [7, 11) is 0. The number of carbonyl (C=O) groups excluding carboxylic acids is 1. The van der Waals surface area contributed by atoms with E-state index >= 15 is 0 Å². The van der Waals surface area contributed by atoms with Gasteiger partial charge in [0.15, 0.2) is 0 Å². The summed E-state index contributed by atoms with van der Waals surface area (Å²) in [4.78, 5) is 34.1. The third-order valence-corrected chi connectivity index (χ3v) is 6.63. The summed E-state index contributed by atoms with van der Waals surface area (Å²) in [6, 6.07) is 30.0. The van der Waals surface area contributed by atoms with E-state index in [0.29, 0.717) is 22.8 Å². The molecule has 0 fully saturated rings.